The minimum Gasteiger partial charge on any atom is -0.452 e. The van der Waals surface area contributed by atoms with Crippen LogP contribution in [0.2, 0.25) is 0 Å². The van der Waals surface area contributed by atoms with Crippen LogP contribution in [-0.4, -0.2) is 47.0 Å². The molecule has 0 saturated carbocycles. The Morgan fingerprint density at radius 1 is 1.00 bits per heavy atom. The number of pyridine rings is 1. The van der Waals surface area contributed by atoms with Crippen molar-refractivity contribution in [1.82, 2.24) is 14.8 Å². The highest BCUT2D eigenvalue weighted by Gasteiger charge is 2.21. The largest absolute Gasteiger partial charge is 0.452 e. The monoisotopic (exact) mass is 571 g/mol. The predicted molar refractivity (Wildman–Crippen MR) is 155 cm³/mol. The van der Waals surface area contributed by atoms with Gasteiger partial charge in [0.1, 0.15) is 11.4 Å². The van der Waals surface area contributed by atoms with E-state index in [9.17, 15) is 14.0 Å². The molecule has 0 bridgehead atoms. The Morgan fingerprint density at radius 3 is 2.50 bits per heavy atom. The Bertz CT molecular complexity index is 1860. The van der Waals surface area contributed by atoms with Gasteiger partial charge >= 0.3 is 0 Å². The Hall–Kier alpha value is -5.03. The zero-order valence-electron chi connectivity index (χ0n) is 22.9. The summed E-state index contributed by atoms with van der Waals surface area (Å²) in [5, 5.41) is 10.5. The number of nitrogens with zero attached hydrogens (tertiary/aromatic N) is 3. The second-order valence-electron chi connectivity index (χ2n) is 10.0. The van der Waals surface area contributed by atoms with Crippen LogP contribution >= 0.6 is 0 Å². The van der Waals surface area contributed by atoms with Crippen molar-refractivity contribution in [2.24, 2.45) is 0 Å². The maximum absolute atomic E-state index is 15.3. The van der Waals surface area contributed by atoms with Crippen LogP contribution in [0.3, 0.4) is 0 Å². The van der Waals surface area contributed by atoms with Crippen molar-refractivity contribution in [3.8, 4) is 17.2 Å². The fraction of sp³-hybridized carbons (Fsp3) is 0.194. The van der Waals surface area contributed by atoms with Gasteiger partial charge in [0.25, 0.3) is 11.5 Å². The fourth-order valence-electron chi connectivity index (χ4n) is 5.14. The number of rotatable bonds is 6. The average molecular weight is 572 g/mol. The van der Waals surface area contributed by atoms with E-state index in [2.05, 4.69) is 20.4 Å². The molecule has 1 saturated heterocycles. The Kier molecular flexibility index (Phi) is 7.17. The van der Waals surface area contributed by atoms with E-state index in [-0.39, 0.29) is 17.0 Å². The minimum atomic E-state index is -0.697. The molecule has 0 aliphatic carbocycles. The van der Waals surface area contributed by atoms with Crippen LogP contribution < -0.4 is 20.5 Å². The molecular formula is C31H27F2N5O4. The molecule has 3 aromatic carbocycles. The molecule has 214 valence electrons. The number of aromatic nitrogens is 3. The van der Waals surface area contributed by atoms with Crippen LogP contribution in [0.15, 0.2) is 71.7 Å². The van der Waals surface area contributed by atoms with Gasteiger partial charge in [0, 0.05) is 41.6 Å². The number of carbonyl (C=O) groups is 1. The smallest absolute Gasteiger partial charge is 0.268 e. The minimum absolute atomic E-state index is 0.0319. The molecule has 3 heterocycles. The number of hydrogen-bond donors (Lipinski definition) is 2. The van der Waals surface area contributed by atoms with E-state index >= 15 is 4.39 Å². The molecule has 0 atom stereocenters. The molecule has 1 fully saturated rings. The standard InChI is InChI=1S/C31H27F2N5O4/c1-18-13-19(2)38(23-6-3-21(32)4-7-23)31(40)29(18)30(39)35-22-5-8-27(24(33)15-22)42-28-14-20-17-34-36-25(20)16-26(28)37-9-11-41-12-10-37/h3-8,13-17H,9-12H2,1-2H3,(H,34,36)(H,35,39). The molecule has 1 aliphatic heterocycles. The number of H-pyrrole nitrogens is 1. The lowest BCUT2D eigenvalue weighted by Gasteiger charge is -2.30. The summed E-state index contributed by atoms with van der Waals surface area (Å²) in [6.45, 7) is 5.83. The summed E-state index contributed by atoms with van der Waals surface area (Å²) in [7, 11) is 0. The zero-order valence-corrected chi connectivity index (χ0v) is 22.9. The first-order valence-electron chi connectivity index (χ1n) is 13.4. The van der Waals surface area contributed by atoms with Crippen LogP contribution in [0.25, 0.3) is 16.6 Å². The van der Waals surface area contributed by atoms with Crippen LogP contribution in [0.1, 0.15) is 21.6 Å². The number of carbonyl (C=O) groups excluding carboxylic acids is 1. The number of nitrogens with one attached hydrogen (secondary N) is 2. The van der Waals surface area contributed by atoms with Gasteiger partial charge in [-0.05, 0) is 74.0 Å². The Morgan fingerprint density at radius 2 is 1.76 bits per heavy atom. The van der Waals surface area contributed by atoms with E-state index in [1.807, 2.05) is 6.07 Å². The van der Waals surface area contributed by atoms with E-state index in [0.29, 0.717) is 49.0 Å². The molecule has 2 N–H and O–H groups in total. The number of aromatic amines is 1. The average Bonchev–Trinajstić information content (AvgIpc) is 3.43. The molecule has 42 heavy (non-hydrogen) atoms. The maximum Gasteiger partial charge on any atom is 0.268 e. The van der Waals surface area contributed by atoms with Gasteiger partial charge in [-0.3, -0.25) is 19.3 Å². The van der Waals surface area contributed by atoms with Crippen molar-refractivity contribution in [3.63, 3.8) is 0 Å². The van der Waals surface area contributed by atoms with Crippen LogP contribution in [0.5, 0.6) is 11.5 Å². The molecule has 0 spiro atoms. The highest BCUT2D eigenvalue weighted by Crippen LogP contribution is 2.37. The third-order valence-corrected chi connectivity index (χ3v) is 7.18. The third-order valence-electron chi connectivity index (χ3n) is 7.18. The first kappa shape index (κ1) is 27.2. The van der Waals surface area contributed by atoms with Crippen molar-refractivity contribution in [2.75, 3.05) is 36.5 Å². The number of halogens is 2. The first-order valence-corrected chi connectivity index (χ1v) is 13.4. The van der Waals surface area contributed by atoms with Crippen molar-refractivity contribution >= 4 is 28.2 Å². The van der Waals surface area contributed by atoms with E-state index in [1.165, 1.54) is 41.0 Å². The normalized spacial score (nSPS) is 13.4. The lowest BCUT2D eigenvalue weighted by molar-refractivity contribution is 0.102. The molecule has 6 rings (SSSR count). The van der Waals surface area contributed by atoms with Crippen molar-refractivity contribution in [1.29, 1.82) is 0 Å². The number of amides is 1. The molecule has 9 nitrogen and oxygen atoms in total. The van der Waals surface area contributed by atoms with Gasteiger partial charge in [0.15, 0.2) is 17.3 Å². The van der Waals surface area contributed by atoms with E-state index < -0.39 is 23.1 Å². The molecule has 0 radical (unpaired) electrons. The molecular weight excluding hydrogens is 544 g/mol. The summed E-state index contributed by atoms with van der Waals surface area (Å²) >= 11 is 0. The number of hydrogen-bond acceptors (Lipinski definition) is 6. The topological polar surface area (TPSA) is 101 Å². The summed E-state index contributed by atoms with van der Waals surface area (Å²) in [6.07, 6.45) is 1.66. The van der Waals surface area contributed by atoms with Crippen LogP contribution in [0, 0.1) is 25.5 Å². The first-order chi connectivity index (χ1) is 20.3. The molecule has 2 aromatic heterocycles. The predicted octanol–water partition coefficient (Wildman–Crippen LogP) is 5.49. The number of anilines is 2. The van der Waals surface area contributed by atoms with Crippen molar-refractivity contribution in [3.05, 3.63) is 106 Å². The number of ether oxygens (including phenoxy) is 2. The summed E-state index contributed by atoms with van der Waals surface area (Å²) < 4.78 is 41.6. The van der Waals surface area contributed by atoms with E-state index in [1.54, 1.807) is 32.2 Å². The third kappa shape index (κ3) is 5.21. The quantitative estimate of drug-likeness (QED) is 0.280. The van der Waals surface area contributed by atoms with Crippen LogP contribution in [0.4, 0.5) is 20.2 Å². The number of fused-ring (bicyclic) bond motifs is 1. The van der Waals surface area contributed by atoms with Gasteiger partial charge in [-0.25, -0.2) is 8.78 Å². The number of benzene rings is 3. The summed E-state index contributed by atoms with van der Waals surface area (Å²) in [5.41, 5.74) is 2.54. The number of aryl methyl sites for hydroxylation is 2. The van der Waals surface area contributed by atoms with Gasteiger partial charge in [-0.15, -0.1) is 0 Å². The maximum atomic E-state index is 15.3. The number of morpholine rings is 1. The van der Waals surface area contributed by atoms with E-state index in [0.717, 1.165) is 22.7 Å². The van der Waals surface area contributed by atoms with Gasteiger partial charge in [0.2, 0.25) is 0 Å². The molecule has 0 unspecified atom stereocenters. The Labute approximate surface area is 239 Å². The highest BCUT2D eigenvalue weighted by molar-refractivity contribution is 6.05. The second-order valence-corrected chi connectivity index (χ2v) is 10.0. The molecule has 11 heteroatoms. The van der Waals surface area contributed by atoms with Crippen molar-refractivity contribution < 1.29 is 23.0 Å². The Balaban J connectivity index is 1.27. The summed E-state index contributed by atoms with van der Waals surface area (Å²) in [6, 6.07) is 14.9. The summed E-state index contributed by atoms with van der Waals surface area (Å²) in [5.74, 6) is -1.41. The highest BCUT2D eigenvalue weighted by atomic mass is 19.1. The molecule has 1 amide bonds. The lowest BCUT2D eigenvalue weighted by Crippen LogP contribution is -2.36. The second kappa shape index (κ2) is 11.1. The SMILES string of the molecule is Cc1cc(C)n(-c2ccc(F)cc2)c(=O)c1C(=O)Nc1ccc(Oc2cc3cn[nH]c3cc2N2CCOCC2)c(F)c1. The van der Waals surface area contributed by atoms with Gasteiger partial charge < -0.3 is 19.7 Å². The van der Waals surface area contributed by atoms with Gasteiger partial charge in [-0.1, -0.05) is 0 Å². The van der Waals surface area contributed by atoms with Gasteiger partial charge in [0.05, 0.1) is 30.6 Å². The molecule has 1 aliphatic rings. The zero-order chi connectivity index (χ0) is 29.4. The van der Waals surface area contributed by atoms with Gasteiger partial charge in [-0.2, -0.15) is 5.10 Å². The molecule has 5 aromatic rings. The summed E-state index contributed by atoms with van der Waals surface area (Å²) in [4.78, 5) is 28.7. The lowest BCUT2D eigenvalue weighted by atomic mass is 10.1. The van der Waals surface area contributed by atoms with Crippen LogP contribution in [-0.2, 0) is 4.74 Å². The van der Waals surface area contributed by atoms with E-state index in [4.69, 9.17) is 9.47 Å². The fourth-order valence-corrected chi connectivity index (χ4v) is 5.14. The van der Waals surface area contributed by atoms with Crippen molar-refractivity contribution in [2.45, 2.75) is 13.8 Å².